The molecule has 0 spiro atoms. The largest absolute Gasteiger partial charge is 0.486 e. The number of aryl methyl sites for hydroxylation is 1. The quantitative estimate of drug-likeness (QED) is 0.308. The second-order valence-electron chi connectivity index (χ2n) is 8.65. The van der Waals surface area contributed by atoms with Crippen LogP contribution >= 0.6 is 0 Å². The molecule has 0 aliphatic rings. The van der Waals surface area contributed by atoms with E-state index in [4.69, 9.17) is 15.2 Å². The lowest BCUT2D eigenvalue weighted by atomic mass is 10.1. The van der Waals surface area contributed by atoms with Gasteiger partial charge in [-0.2, -0.15) is 0 Å². The van der Waals surface area contributed by atoms with Gasteiger partial charge in [-0.15, -0.1) is 0 Å². The number of halogens is 1. The molecule has 0 amide bonds. The molecule has 2 N–H and O–H groups in total. The Bertz CT molecular complexity index is 1510. The van der Waals surface area contributed by atoms with E-state index in [9.17, 15) is 4.39 Å². The fraction of sp³-hybridized carbons (Fsp3) is 0.185. The summed E-state index contributed by atoms with van der Waals surface area (Å²) in [6.45, 7) is 6.12. The highest BCUT2D eigenvalue weighted by Crippen LogP contribution is 2.35. The molecule has 9 heteroatoms. The van der Waals surface area contributed by atoms with Gasteiger partial charge in [-0.05, 0) is 50.6 Å². The molecule has 0 saturated heterocycles. The van der Waals surface area contributed by atoms with Gasteiger partial charge < -0.3 is 19.8 Å². The van der Waals surface area contributed by atoms with Crippen LogP contribution < -0.4 is 15.2 Å². The van der Waals surface area contributed by atoms with Crippen molar-refractivity contribution in [1.82, 2.24) is 24.5 Å². The average Bonchev–Trinajstić information content (AvgIpc) is 3.27. The number of hydrogen-bond acceptors (Lipinski definition) is 7. The summed E-state index contributed by atoms with van der Waals surface area (Å²) in [4.78, 5) is 16.9. The fourth-order valence-corrected chi connectivity index (χ4v) is 3.87. The van der Waals surface area contributed by atoms with Crippen molar-refractivity contribution in [3.05, 3.63) is 84.6 Å². The average molecular weight is 485 g/mol. The zero-order valence-electron chi connectivity index (χ0n) is 20.1. The third-order valence-corrected chi connectivity index (χ3v) is 5.73. The smallest absolute Gasteiger partial charge is 0.165 e. The molecule has 2 aromatic carbocycles. The van der Waals surface area contributed by atoms with Crippen molar-refractivity contribution in [1.29, 1.82) is 0 Å². The van der Waals surface area contributed by atoms with Crippen LogP contribution in [0.25, 0.3) is 22.2 Å². The maximum absolute atomic E-state index is 14.3. The van der Waals surface area contributed by atoms with E-state index in [1.807, 2.05) is 30.5 Å². The van der Waals surface area contributed by atoms with Crippen LogP contribution in [0.1, 0.15) is 31.3 Å². The van der Waals surface area contributed by atoms with E-state index in [-0.39, 0.29) is 18.4 Å². The molecule has 0 bridgehead atoms. The van der Waals surface area contributed by atoms with Crippen LogP contribution in [0.5, 0.6) is 17.2 Å². The third-order valence-electron chi connectivity index (χ3n) is 5.73. The topological polar surface area (TPSA) is 101 Å². The number of hydrogen-bond donors (Lipinski definition) is 1. The molecule has 3 aromatic heterocycles. The van der Waals surface area contributed by atoms with E-state index in [1.165, 1.54) is 18.5 Å². The van der Waals surface area contributed by atoms with Gasteiger partial charge in [-0.25, -0.2) is 24.3 Å². The molecule has 0 aliphatic heterocycles. The summed E-state index contributed by atoms with van der Waals surface area (Å²) in [6.07, 6.45) is 6.83. The molecule has 36 heavy (non-hydrogen) atoms. The number of rotatable bonds is 7. The lowest BCUT2D eigenvalue weighted by Gasteiger charge is -2.11. The maximum Gasteiger partial charge on any atom is 0.165 e. The first-order chi connectivity index (χ1) is 17.4. The minimum atomic E-state index is -0.480. The SMILES string of the molecule is Cc1ncc(COc2cc(Oc3ccc(-c4cn(C(C)C)c5ncnc(N)c45)cc3)ccc2F)cn1. The number of nitrogens with two attached hydrogens (primary N) is 1. The van der Waals surface area contributed by atoms with Gasteiger partial charge >= 0.3 is 0 Å². The van der Waals surface area contributed by atoms with E-state index in [0.29, 0.717) is 23.1 Å². The number of anilines is 1. The molecule has 8 nitrogen and oxygen atoms in total. The first-order valence-corrected chi connectivity index (χ1v) is 11.5. The van der Waals surface area contributed by atoms with Crippen LogP contribution in [0.3, 0.4) is 0 Å². The first kappa shape index (κ1) is 23.2. The van der Waals surface area contributed by atoms with E-state index >= 15 is 0 Å². The molecule has 5 rings (SSSR count). The number of benzene rings is 2. The molecule has 182 valence electrons. The predicted octanol–water partition coefficient (Wildman–Crippen LogP) is 5.87. The zero-order valence-corrected chi connectivity index (χ0v) is 20.1. The predicted molar refractivity (Wildman–Crippen MR) is 135 cm³/mol. The Morgan fingerprint density at radius 3 is 2.42 bits per heavy atom. The Balaban J connectivity index is 1.35. The van der Waals surface area contributed by atoms with Crippen LogP contribution in [0, 0.1) is 12.7 Å². The first-order valence-electron chi connectivity index (χ1n) is 11.5. The van der Waals surface area contributed by atoms with E-state index in [2.05, 4.69) is 38.4 Å². The Labute approximate surface area is 207 Å². The fourth-order valence-electron chi connectivity index (χ4n) is 3.87. The lowest BCUT2D eigenvalue weighted by molar-refractivity contribution is 0.287. The summed E-state index contributed by atoms with van der Waals surface area (Å²) in [5, 5.41) is 0.819. The number of nitrogen functional groups attached to an aromatic ring is 1. The normalized spacial score (nSPS) is 11.2. The van der Waals surface area contributed by atoms with Crippen molar-refractivity contribution in [2.75, 3.05) is 5.73 Å². The Morgan fingerprint density at radius 2 is 1.69 bits per heavy atom. The maximum atomic E-state index is 14.3. The second-order valence-corrected chi connectivity index (χ2v) is 8.65. The second kappa shape index (κ2) is 9.61. The van der Waals surface area contributed by atoms with Gasteiger partial charge in [0.25, 0.3) is 0 Å². The van der Waals surface area contributed by atoms with Gasteiger partial charge in [-0.1, -0.05) is 12.1 Å². The minimum absolute atomic E-state index is 0.0849. The summed E-state index contributed by atoms with van der Waals surface area (Å²) in [6, 6.07) is 12.2. The van der Waals surface area contributed by atoms with Crippen LogP contribution in [-0.4, -0.2) is 24.5 Å². The highest BCUT2D eigenvalue weighted by molar-refractivity contribution is 6.00. The highest BCUT2D eigenvalue weighted by Gasteiger charge is 2.16. The van der Waals surface area contributed by atoms with Crippen molar-refractivity contribution >= 4 is 16.9 Å². The van der Waals surface area contributed by atoms with Crippen LogP contribution in [0.4, 0.5) is 10.2 Å². The van der Waals surface area contributed by atoms with Gasteiger partial charge in [0.05, 0.1) is 5.39 Å². The third kappa shape index (κ3) is 4.68. The molecule has 0 unspecified atom stereocenters. The van der Waals surface area contributed by atoms with E-state index in [0.717, 1.165) is 27.7 Å². The standard InChI is InChI=1S/C27H25FN6O2/c1-16(2)34-13-22(25-26(29)32-15-33-27(25)34)19-4-6-20(7-5-19)36-21-8-9-23(28)24(10-21)35-14-18-11-30-17(3)31-12-18/h4-13,15-16H,14H2,1-3H3,(H2,29,32,33). The van der Waals surface area contributed by atoms with Gasteiger partial charge in [0.2, 0.25) is 0 Å². The molecule has 0 saturated carbocycles. The Hall–Kier alpha value is -4.53. The summed E-state index contributed by atoms with van der Waals surface area (Å²) in [5.41, 5.74) is 9.63. The molecule has 0 radical (unpaired) electrons. The summed E-state index contributed by atoms with van der Waals surface area (Å²) in [7, 11) is 0. The van der Waals surface area contributed by atoms with E-state index in [1.54, 1.807) is 25.4 Å². The summed E-state index contributed by atoms with van der Waals surface area (Å²) < 4.78 is 28.0. The highest BCUT2D eigenvalue weighted by atomic mass is 19.1. The van der Waals surface area contributed by atoms with Crippen molar-refractivity contribution in [3.8, 4) is 28.4 Å². The summed E-state index contributed by atoms with van der Waals surface area (Å²) >= 11 is 0. The van der Waals surface area contributed by atoms with Gasteiger partial charge in [0.15, 0.2) is 11.6 Å². The Morgan fingerprint density at radius 1 is 0.972 bits per heavy atom. The lowest BCUT2D eigenvalue weighted by Crippen LogP contribution is -2.00. The van der Waals surface area contributed by atoms with Gasteiger partial charge in [0, 0.05) is 41.8 Å². The summed E-state index contributed by atoms with van der Waals surface area (Å²) in [5.74, 6) is 1.75. The molecule has 0 aliphatic carbocycles. The van der Waals surface area contributed by atoms with E-state index < -0.39 is 5.82 Å². The molecule has 0 fully saturated rings. The van der Waals surface area contributed by atoms with Crippen molar-refractivity contribution in [3.63, 3.8) is 0 Å². The molecular weight excluding hydrogens is 459 g/mol. The zero-order chi connectivity index (χ0) is 25.2. The van der Waals surface area contributed by atoms with Crippen molar-refractivity contribution in [2.24, 2.45) is 0 Å². The molecule has 0 atom stereocenters. The molecular formula is C27H25FN6O2. The number of fused-ring (bicyclic) bond motifs is 1. The van der Waals surface area contributed by atoms with Crippen molar-refractivity contribution in [2.45, 2.75) is 33.4 Å². The molecule has 5 aromatic rings. The number of ether oxygens (including phenoxy) is 2. The van der Waals surface area contributed by atoms with Crippen LogP contribution in [0.2, 0.25) is 0 Å². The minimum Gasteiger partial charge on any atom is -0.486 e. The van der Waals surface area contributed by atoms with Crippen LogP contribution in [0.15, 0.2) is 67.4 Å². The Kier molecular flexibility index (Phi) is 6.20. The molecule has 3 heterocycles. The number of nitrogens with zero attached hydrogens (tertiary/aromatic N) is 5. The van der Waals surface area contributed by atoms with Crippen LogP contribution in [-0.2, 0) is 6.61 Å². The van der Waals surface area contributed by atoms with Crippen molar-refractivity contribution < 1.29 is 13.9 Å². The van der Waals surface area contributed by atoms with Gasteiger partial charge in [0.1, 0.15) is 41.7 Å². The monoisotopic (exact) mass is 484 g/mol. The number of aromatic nitrogens is 5. The van der Waals surface area contributed by atoms with Gasteiger partial charge in [-0.3, -0.25) is 0 Å².